The average molecular weight is 323 g/mol. The lowest BCUT2D eigenvalue weighted by molar-refractivity contribution is 0.387. The van der Waals surface area contributed by atoms with Crippen LogP contribution in [0, 0.1) is 11.2 Å². The predicted octanol–water partition coefficient (Wildman–Crippen LogP) is 3.02. The Labute approximate surface area is 135 Å². The highest BCUT2D eigenvalue weighted by atomic mass is 35.5. The molecule has 0 aliphatic carbocycles. The van der Waals surface area contributed by atoms with Crippen molar-refractivity contribution in [2.45, 2.75) is 25.9 Å². The maximum atomic E-state index is 13.2. The van der Waals surface area contributed by atoms with Crippen LogP contribution >= 0.6 is 11.6 Å². The number of alkyl halides is 1. The van der Waals surface area contributed by atoms with Crippen molar-refractivity contribution >= 4 is 23.1 Å². The van der Waals surface area contributed by atoms with Gasteiger partial charge in [0.15, 0.2) is 5.62 Å². The molecule has 0 radical (unpaired) electrons. The molecule has 4 nitrogen and oxygen atoms in total. The third kappa shape index (κ3) is 2.54. The molecule has 0 saturated heterocycles. The first-order valence-corrected chi connectivity index (χ1v) is 7.80. The van der Waals surface area contributed by atoms with Gasteiger partial charge in [0.2, 0.25) is 0 Å². The van der Waals surface area contributed by atoms with Crippen LogP contribution in [0.25, 0.3) is 0 Å². The summed E-state index contributed by atoms with van der Waals surface area (Å²) in [5.74, 6) is 1.52. The van der Waals surface area contributed by atoms with E-state index in [4.69, 9.17) is 11.6 Å². The summed E-state index contributed by atoms with van der Waals surface area (Å²) in [5, 5.41) is 6.40. The SMILES string of the molecule is CNC1=NC(Cl)NC2=C1C(C)(C)CCN2c1ccc(F)cc1. The van der Waals surface area contributed by atoms with Crippen molar-refractivity contribution in [2.75, 3.05) is 18.5 Å². The Morgan fingerprint density at radius 2 is 2.05 bits per heavy atom. The number of hydrogen-bond acceptors (Lipinski definition) is 4. The average Bonchev–Trinajstić information content (AvgIpc) is 2.47. The number of nitrogens with zero attached hydrogens (tertiary/aromatic N) is 2. The molecule has 0 saturated carbocycles. The molecule has 2 aliphatic rings. The van der Waals surface area contributed by atoms with Crippen LogP contribution in [0.1, 0.15) is 20.3 Å². The summed E-state index contributed by atoms with van der Waals surface area (Å²) in [4.78, 5) is 6.58. The molecular weight excluding hydrogens is 303 g/mol. The van der Waals surface area contributed by atoms with Gasteiger partial charge in [-0.25, -0.2) is 9.38 Å². The minimum atomic E-state index is -0.516. The number of amidine groups is 1. The third-order valence-corrected chi connectivity index (χ3v) is 4.46. The molecule has 2 aliphatic heterocycles. The molecule has 0 aromatic heterocycles. The molecule has 1 aromatic carbocycles. The maximum Gasteiger partial charge on any atom is 0.198 e. The molecule has 0 amide bonds. The molecule has 6 heteroatoms. The highest BCUT2D eigenvalue weighted by Crippen LogP contribution is 2.41. The molecule has 22 heavy (non-hydrogen) atoms. The number of likely N-dealkylation sites (N-methyl/N-ethyl adjacent to an activating group) is 1. The fourth-order valence-electron chi connectivity index (χ4n) is 3.06. The van der Waals surface area contributed by atoms with E-state index in [2.05, 4.69) is 34.4 Å². The summed E-state index contributed by atoms with van der Waals surface area (Å²) in [6.07, 6.45) is 0.971. The Kier molecular flexibility index (Phi) is 3.77. The summed E-state index contributed by atoms with van der Waals surface area (Å²) < 4.78 is 13.2. The second-order valence-electron chi connectivity index (χ2n) is 6.19. The molecule has 0 bridgehead atoms. The molecule has 2 N–H and O–H groups in total. The summed E-state index contributed by atoms with van der Waals surface area (Å²) in [5.41, 5.74) is 1.52. The van der Waals surface area contributed by atoms with E-state index in [1.54, 1.807) is 12.1 Å². The Bertz CT molecular complexity index is 636. The topological polar surface area (TPSA) is 39.7 Å². The summed E-state index contributed by atoms with van der Waals surface area (Å²) in [7, 11) is 1.85. The van der Waals surface area contributed by atoms with E-state index in [0.717, 1.165) is 35.9 Å². The second kappa shape index (κ2) is 5.47. The number of benzene rings is 1. The molecule has 1 unspecified atom stereocenters. The lowest BCUT2D eigenvalue weighted by atomic mass is 9.77. The number of nitrogens with one attached hydrogen (secondary N) is 2. The van der Waals surface area contributed by atoms with Crippen molar-refractivity contribution in [1.82, 2.24) is 10.6 Å². The first-order chi connectivity index (χ1) is 10.4. The number of aliphatic imine (C=N–C) groups is 1. The van der Waals surface area contributed by atoms with Crippen LogP contribution in [-0.2, 0) is 0 Å². The molecular formula is C16H20ClFN4. The van der Waals surface area contributed by atoms with Crippen molar-refractivity contribution in [3.63, 3.8) is 0 Å². The number of hydrogen-bond donors (Lipinski definition) is 2. The minimum Gasteiger partial charge on any atom is -0.373 e. The first-order valence-electron chi connectivity index (χ1n) is 7.37. The van der Waals surface area contributed by atoms with Crippen molar-refractivity contribution in [2.24, 2.45) is 10.4 Å². The Hall–Kier alpha value is -1.75. The van der Waals surface area contributed by atoms with Gasteiger partial charge < -0.3 is 15.5 Å². The van der Waals surface area contributed by atoms with E-state index < -0.39 is 5.62 Å². The van der Waals surface area contributed by atoms with Gasteiger partial charge in [-0.1, -0.05) is 25.4 Å². The zero-order valence-electron chi connectivity index (χ0n) is 13.0. The first kappa shape index (κ1) is 15.2. The van der Waals surface area contributed by atoms with Crippen LogP contribution in [0.2, 0.25) is 0 Å². The molecule has 1 atom stereocenters. The number of anilines is 1. The van der Waals surface area contributed by atoms with Gasteiger partial charge >= 0.3 is 0 Å². The molecule has 3 rings (SSSR count). The lowest BCUT2D eigenvalue weighted by Crippen LogP contribution is -2.50. The highest BCUT2D eigenvalue weighted by Gasteiger charge is 2.39. The van der Waals surface area contributed by atoms with Gasteiger partial charge in [0.05, 0.1) is 0 Å². The van der Waals surface area contributed by atoms with Gasteiger partial charge in [-0.2, -0.15) is 0 Å². The molecule has 2 heterocycles. The van der Waals surface area contributed by atoms with E-state index in [1.807, 2.05) is 7.05 Å². The lowest BCUT2D eigenvalue weighted by Gasteiger charge is -2.44. The number of halogens is 2. The molecule has 118 valence electrons. The minimum absolute atomic E-state index is 0.0161. The third-order valence-electron chi connectivity index (χ3n) is 4.25. The van der Waals surface area contributed by atoms with E-state index >= 15 is 0 Å². The Balaban J connectivity index is 2.10. The highest BCUT2D eigenvalue weighted by molar-refractivity contribution is 6.22. The largest absolute Gasteiger partial charge is 0.373 e. The Morgan fingerprint density at radius 3 is 2.68 bits per heavy atom. The normalized spacial score (nSPS) is 23.6. The van der Waals surface area contributed by atoms with Gasteiger partial charge in [0, 0.05) is 24.9 Å². The fourth-order valence-corrected chi connectivity index (χ4v) is 3.26. The zero-order valence-corrected chi connectivity index (χ0v) is 13.7. The van der Waals surface area contributed by atoms with Crippen LogP contribution < -0.4 is 15.5 Å². The predicted molar refractivity (Wildman–Crippen MR) is 88.4 cm³/mol. The quantitative estimate of drug-likeness (QED) is 0.617. The zero-order chi connectivity index (χ0) is 15.9. The molecule has 1 aromatic rings. The second-order valence-corrected chi connectivity index (χ2v) is 6.61. The van der Waals surface area contributed by atoms with E-state index in [0.29, 0.717) is 0 Å². The standard InChI is InChI=1S/C16H20ClFN4/c1-16(2)8-9-22(11-6-4-10(18)5-7-11)14-12(16)13(19-3)20-15(17)21-14/h4-7,15,21H,8-9H2,1-3H3,(H,19,20). The van der Waals surface area contributed by atoms with Crippen LogP contribution in [0.3, 0.4) is 0 Å². The van der Waals surface area contributed by atoms with Crippen LogP contribution in [-0.4, -0.2) is 25.1 Å². The van der Waals surface area contributed by atoms with Crippen molar-refractivity contribution in [1.29, 1.82) is 0 Å². The number of rotatable bonds is 1. The molecule has 0 fully saturated rings. The van der Waals surface area contributed by atoms with Gasteiger partial charge in [0.25, 0.3) is 0 Å². The van der Waals surface area contributed by atoms with Gasteiger partial charge in [0.1, 0.15) is 17.5 Å². The maximum absolute atomic E-state index is 13.2. The smallest absolute Gasteiger partial charge is 0.198 e. The van der Waals surface area contributed by atoms with E-state index in [1.165, 1.54) is 12.1 Å². The van der Waals surface area contributed by atoms with Gasteiger partial charge in [-0.15, -0.1) is 0 Å². The Morgan fingerprint density at radius 1 is 1.36 bits per heavy atom. The van der Waals surface area contributed by atoms with E-state index in [9.17, 15) is 4.39 Å². The van der Waals surface area contributed by atoms with Crippen molar-refractivity contribution in [3.05, 3.63) is 41.5 Å². The van der Waals surface area contributed by atoms with Gasteiger partial charge in [-0.3, -0.25) is 0 Å². The van der Waals surface area contributed by atoms with Gasteiger partial charge in [-0.05, 0) is 36.1 Å². The van der Waals surface area contributed by atoms with Crippen molar-refractivity contribution in [3.8, 4) is 0 Å². The molecule has 0 spiro atoms. The van der Waals surface area contributed by atoms with Crippen molar-refractivity contribution < 1.29 is 4.39 Å². The monoisotopic (exact) mass is 322 g/mol. The van der Waals surface area contributed by atoms with Crippen LogP contribution in [0.15, 0.2) is 40.7 Å². The van der Waals surface area contributed by atoms with E-state index in [-0.39, 0.29) is 11.2 Å². The fraction of sp³-hybridized carbons (Fsp3) is 0.438. The van der Waals surface area contributed by atoms with Crippen LogP contribution in [0.5, 0.6) is 0 Å². The van der Waals surface area contributed by atoms with Crippen LogP contribution in [0.4, 0.5) is 10.1 Å². The summed E-state index contributed by atoms with van der Waals surface area (Å²) in [6.45, 7) is 5.24. The summed E-state index contributed by atoms with van der Waals surface area (Å²) >= 11 is 6.22. The summed E-state index contributed by atoms with van der Waals surface area (Å²) in [6, 6.07) is 6.52.